The van der Waals surface area contributed by atoms with Gasteiger partial charge in [-0.15, -0.1) is 11.3 Å². The number of hydrogen-bond donors (Lipinski definition) is 1. The first-order valence-electron chi connectivity index (χ1n) is 6.13. The van der Waals surface area contributed by atoms with Crippen molar-refractivity contribution in [2.45, 2.75) is 13.0 Å². The highest BCUT2D eigenvalue weighted by Gasteiger charge is 2.29. The molecular weight excluding hydrogens is 310 g/mol. The largest absolute Gasteiger partial charge is 0.339 e. The predicted octanol–water partition coefficient (Wildman–Crippen LogP) is 2.97. The molecule has 6 heteroatoms. The highest BCUT2D eigenvalue weighted by atomic mass is 35.5. The summed E-state index contributed by atoms with van der Waals surface area (Å²) in [5.74, 6) is -1.31. The topological polar surface area (TPSA) is 63.2 Å². The van der Waals surface area contributed by atoms with Crippen molar-refractivity contribution in [3.63, 3.8) is 0 Å². The Hall–Kier alpha value is -1.98. The number of carbonyl (C=O) groups excluding carboxylic acids is 3. The molecule has 1 unspecified atom stereocenters. The lowest BCUT2D eigenvalue weighted by atomic mass is 10.00. The van der Waals surface area contributed by atoms with E-state index in [4.69, 9.17) is 11.6 Å². The normalized spacial score (nSPS) is 11.7. The zero-order valence-electron chi connectivity index (χ0n) is 11.1. The molecule has 0 aliphatic rings. The lowest BCUT2D eigenvalue weighted by Crippen LogP contribution is -2.45. The van der Waals surface area contributed by atoms with Crippen molar-refractivity contribution < 1.29 is 14.4 Å². The van der Waals surface area contributed by atoms with Crippen molar-refractivity contribution in [3.05, 3.63) is 57.2 Å². The fourth-order valence-electron chi connectivity index (χ4n) is 1.80. The van der Waals surface area contributed by atoms with E-state index in [1.807, 2.05) is 0 Å². The molecule has 1 heterocycles. The van der Waals surface area contributed by atoms with Gasteiger partial charge in [0.1, 0.15) is 0 Å². The third kappa shape index (κ3) is 3.77. The van der Waals surface area contributed by atoms with E-state index in [0.717, 1.165) is 0 Å². The maximum absolute atomic E-state index is 12.5. The van der Waals surface area contributed by atoms with Crippen molar-refractivity contribution >= 4 is 40.4 Å². The summed E-state index contributed by atoms with van der Waals surface area (Å²) in [5.41, 5.74) is 0.322. The van der Waals surface area contributed by atoms with E-state index in [0.29, 0.717) is 15.5 Å². The summed E-state index contributed by atoms with van der Waals surface area (Å²) >= 11 is 7.01. The van der Waals surface area contributed by atoms with Crippen LogP contribution in [0.1, 0.15) is 27.0 Å². The summed E-state index contributed by atoms with van der Waals surface area (Å²) < 4.78 is 0. The predicted molar refractivity (Wildman–Crippen MR) is 82.0 cm³/mol. The van der Waals surface area contributed by atoms with Crippen molar-refractivity contribution in [1.82, 2.24) is 5.32 Å². The van der Waals surface area contributed by atoms with Crippen molar-refractivity contribution in [2.75, 3.05) is 0 Å². The third-order valence-electron chi connectivity index (χ3n) is 2.76. The van der Waals surface area contributed by atoms with Crippen LogP contribution in [-0.2, 0) is 4.79 Å². The minimum atomic E-state index is -1.22. The van der Waals surface area contributed by atoms with Gasteiger partial charge in [-0.1, -0.05) is 17.7 Å². The molecule has 0 saturated heterocycles. The number of hydrogen-bond acceptors (Lipinski definition) is 4. The van der Waals surface area contributed by atoms with Crippen LogP contribution in [0.3, 0.4) is 0 Å². The molecule has 1 N–H and O–H groups in total. The van der Waals surface area contributed by atoms with Crippen LogP contribution in [0.5, 0.6) is 0 Å². The first kappa shape index (κ1) is 15.4. The fraction of sp³-hybridized carbons (Fsp3) is 0.133. The number of rotatable bonds is 5. The Balaban J connectivity index is 2.31. The van der Waals surface area contributed by atoms with E-state index in [1.165, 1.54) is 30.4 Å². The van der Waals surface area contributed by atoms with E-state index in [-0.39, 0.29) is 0 Å². The Bertz CT molecular complexity index is 665. The maximum Gasteiger partial charge on any atom is 0.217 e. The number of amides is 1. The molecule has 21 heavy (non-hydrogen) atoms. The van der Waals surface area contributed by atoms with Gasteiger partial charge in [0.15, 0.2) is 11.8 Å². The molecule has 0 spiro atoms. The van der Waals surface area contributed by atoms with Crippen LogP contribution in [0, 0.1) is 0 Å². The van der Waals surface area contributed by atoms with Crippen LogP contribution in [0.4, 0.5) is 0 Å². The molecule has 4 nitrogen and oxygen atoms in total. The fourth-order valence-corrected chi connectivity index (χ4v) is 2.62. The Kier molecular flexibility index (Phi) is 4.88. The van der Waals surface area contributed by atoms with Gasteiger partial charge in [0, 0.05) is 17.5 Å². The van der Waals surface area contributed by atoms with Crippen LogP contribution in [0.15, 0.2) is 41.8 Å². The van der Waals surface area contributed by atoms with Crippen LogP contribution >= 0.6 is 22.9 Å². The van der Waals surface area contributed by atoms with Crippen molar-refractivity contribution in [2.24, 2.45) is 0 Å². The number of thiophene rings is 1. The van der Waals surface area contributed by atoms with Gasteiger partial charge in [0.2, 0.25) is 11.7 Å². The van der Waals surface area contributed by atoms with E-state index >= 15 is 0 Å². The van der Waals surface area contributed by atoms with Gasteiger partial charge >= 0.3 is 0 Å². The van der Waals surface area contributed by atoms with E-state index < -0.39 is 23.5 Å². The number of benzene rings is 1. The summed E-state index contributed by atoms with van der Waals surface area (Å²) in [5, 5.41) is 4.65. The Morgan fingerprint density at radius 1 is 1.10 bits per heavy atom. The average molecular weight is 322 g/mol. The molecule has 0 radical (unpaired) electrons. The second-order valence-corrected chi connectivity index (χ2v) is 5.73. The highest BCUT2D eigenvalue weighted by molar-refractivity contribution is 7.12. The van der Waals surface area contributed by atoms with Gasteiger partial charge in [0.25, 0.3) is 0 Å². The summed E-state index contributed by atoms with van der Waals surface area (Å²) in [6, 6.07) is 8.31. The van der Waals surface area contributed by atoms with Gasteiger partial charge in [-0.3, -0.25) is 14.4 Å². The second kappa shape index (κ2) is 6.65. The molecule has 1 aromatic carbocycles. The highest BCUT2D eigenvalue weighted by Crippen LogP contribution is 2.16. The lowest BCUT2D eigenvalue weighted by Gasteiger charge is -2.15. The molecule has 0 aliphatic heterocycles. The second-order valence-electron chi connectivity index (χ2n) is 4.35. The number of halogens is 1. The monoisotopic (exact) mass is 321 g/mol. The quantitative estimate of drug-likeness (QED) is 0.680. The molecular formula is C15H12ClNO3S. The standard InChI is InChI=1S/C15H12ClNO3S/c1-9(18)17-13(15(20)12-3-2-8-21-12)14(19)10-4-6-11(16)7-5-10/h2-8,13H,1H3,(H,17,18). The zero-order valence-corrected chi connectivity index (χ0v) is 12.7. The lowest BCUT2D eigenvalue weighted by molar-refractivity contribution is -0.119. The summed E-state index contributed by atoms with van der Waals surface area (Å²) in [6.45, 7) is 1.27. The first-order chi connectivity index (χ1) is 9.99. The Morgan fingerprint density at radius 2 is 1.76 bits per heavy atom. The van der Waals surface area contributed by atoms with E-state index in [2.05, 4.69) is 5.32 Å². The van der Waals surface area contributed by atoms with Crippen LogP contribution in [-0.4, -0.2) is 23.5 Å². The molecule has 1 aromatic heterocycles. The van der Waals surface area contributed by atoms with Gasteiger partial charge in [0.05, 0.1) is 4.88 Å². The average Bonchev–Trinajstić information content (AvgIpc) is 2.98. The van der Waals surface area contributed by atoms with Crippen LogP contribution < -0.4 is 5.32 Å². The smallest absolute Gasteiger partial charge is 0.217 e. The zero-order chi connectivity index (χ0) is 15.4. The van der Waals surface area contributed by atoms with Gasteiger partial charge in [-0.25, -0.2) is 0 Å². The number of nitrogens with one attached hydrogen (secondary N) is 1. The SMILES string of the molecule is CC(=O)NC(C(=O)c1ccc(Cl)cc1)C(=O)c1cccs1. The molecule has 0 bridgehead atoms. The minimum absolute atomic E-state index is 0.322. The van der Waals surface area contributed by atoms with E-state index in [1.54, 1.807) is 29.6 Å². The van der Waals surface area contributed by atoms with Crippen molar-refractivity contribution in [3.8, 4) is 0 Å². The molecule has 2 aromatic rings. The van der Waals surface area contributed by atoms with Crippen LogP contribution in [0.25, 0.3) is 0 Å². The molecule has 0 aliphatic carbocycles. The maximum atomic E-state index is 12.5. The Morgan fingerprint density at radius 3 is 2.29 bits per heavy atom. The summed E-state index contributed by atoms with van der Waals surface area (Å²) in [7, 11) is 0. The molecule has 1 amide bonds. The molecule has 0 saturated carbocycles. The summed E-state index contributed by atoms with van der Waals surface area (Å²) in [6.07, 6.45) is 0. The molecule has 0 fully saturated rings. The summed E-state index contributed by atoms with van der Waals surface area (Å²) in [4.78, 5) is 36.5. The Labute approximate surface area is 130 Å². The van der Waals surface area contributed by atoms with Gasteiger partial charge in [-0.05, 0) is 35.7 Å². The molecule has 2 rings (SSSR count). The third-order valence-corrected chi connectivity index (χ3v) is 3.90. The minimum Gasteiger partial charge on any atom is -0.339 e. The van der Waals surface area contributed by atoms with Crippen molar-refractivity contribution in [1.29, 1.82) is 0 Å². The number of ketones is 2. The van der Waals surface area contributed by atoms with E-state index in [9.17, 15) is 14.4 Å². The molecule has 1 atom stereocenters. The van der Waals surface area contributed by atoms with Gasteiger partial charge in [-0.2, -0.15) is 0 Å². The van der Waals surface area contributed by atoms with Crippen LogP contribution in [0.2, 0.25) is 5.02 Å². The van der Waals surface area contributed by atoms with Gasteiger partial charge < -0.3 is 5.32 Å². The number of carbonyl (C=O) groups is 3. The molecule has 108 valence electrons. The first-order valence-corrected chi connectivity index (χ1v) is 7.39. The number of Topliss-reactive ketones (excluding diaryl/α,β-unsaturated/α-hetero) is 2.